The van der Waals surface area contributed by atoms with Crippen LogP contribution in [0.25, 0.3) is 0 Å². The highest BCUT2D eigenvalue weighted by atomic mass is 32.1. The van der Waals surface area contributed by atoms with Crippen molar-refractivity contribution in [1.29, 1.82) is 0 Å². The predicted molar refractivity (Wildman–Crippen MR) is 69.4 cm³/mol. The van der Waals surface area contributed by atoms with E-state index in [4.69, 9.17) is 0 Å². The number of carbonyl (C=O) groups excluding carboxylic acids is 1. The van der Waals surface area contributed by atoms with Crippen LogP contribution in [0.1, 0.15) is 22.0 Å². The van der Waals surface area contributed by atoms with Crippen molar-refractivity contribution in [2.24, 2.45) is 0 Å². The zero-order valence-electron chi connectivity index (χ0n) is 9.08. The number of aliphatic hydroxyl groups is 1. The van der Waals surface area contributed by atoms with E-state index in [9.17, 15) is 9.90 Å². The summed E-state index contributed by atoms with van der Waals surface area (Å²) in [6, 6.07) is 15.7. The molecule has 86 valence electrons. The maximum atomic E-state index is 12.0. The topological polar surface area (TPSA) is 37.3 Å². The fraction of sp³-hybridized carbons (Fsp3) is 0.0714. The van der Waals surface area contributed by atoms with Crippen LogP contribution < -0.4 is 0 Å². The van der Waals surface area contributed by atoms with E-state index in [0.717, 1.165) is 4.90 Å². The summed E-state index contributed by atoms with van der Waals surface area (Å²) in [7, 11) is 0. The molecular formula is C14H12O2S. The van der Waals surface area contributed by atoms with Crippen LogP contribution in [-0.4, -0.2) is 10.9 Å². The van der Waals surface area contributed by atoms with Gasteiger partial charge in [-0.05, 0) is 17.7 Å². The molecule has 0 aromatic heterocycles. The quantitative estimate of drug-likeness (QED) is 0.643. The second-order valence-corrected chi connectivity index (χ2v) is 4.24. The molecule has 2 rings (SSSR count). The number of thiol groups is 1. The first-order valence-corrected chi connectivity index (χ1v) is 5.69. The summed E-state index contributed by atoms with van der Waals surface area (Å²) in [6.45, 7) is 0. The average Bonchev–Trinajstić information content (AvgIpc) is 2.39. The van der Waals surface area contributed by atoms with E-state index in [1.165, 1.54) is 0 Å². The molecule has 0 saturated carbocycles. The number of aliphatic hydroxyl groups excluding tert-OH is 1. The van der Waals surface area contributed by atoms with Crippen LogP contribution in [0.4, 0.5) is 0 Å². The van der Waals surface area contributed by atoms with Gasteiger partial charge in [-0.25, -0.2) is 0 Å². The zero-order valence-corrected chi connectivity index (χ0v) is 9.97. The first-order valence-electron chi connectivity index (χ1n) is 5.25. The first kappa shape index (κ1) is 11.9. The molecule has 1 atom stereocenters. The Morgan fingerprint density at radius 1 is 1.00 bits per heavy atom. The standard InChI is InChI=1S/C14H12O2S/c15-13(10-4-2-1-3-5-10)14(16)11-6-8-12(17)9-7-11/h1-9,13,15,17H. The minimum absolute atomic E-state index is 0.301. The summed E-state index contributed by atoms with van der Waals surface area (Å²) < 4.78 is 0. The smallest absolute Gasteiger partial charge is 0.195 e. The van der Waals surface area contributed by atoms with Gasteiger partial charge in [-0.15, -0.1) is 12.6 Å². The molecule has 0 bridgehead atoms. The van der Waals surface area contributed by atoms with Crippen LogP contribution in [0.3, 0.4) is 0 Å². The lowest BCUT2D eigenvalue weighted by Crippen LogP contribution is -2.12. The van der Waals surface area contributed by atoms with E-state index in [1.807, 2.05) is 6.07 Å². The van der Waals surface area contributed by atoms with Crippen LogP contribution in [0.2, 0.25) is 0 Å². The molecule has 0 aliphatic carbocycles. The molecular weight excluding hydrogens is 232 g/mol. The Hall–Kier alpha value is -1.58. The molecule has 0 fully saturated rings. The molecule has 2 aromatic carbocycles. The molecule has 0 amide bonds. The van der Waals surface area contributed by atoms with E-state index < -0.39 is 6.10 Å². The van der Waals surface area contributed by atoms with Gasteiger partial charge in [-0.2, -0.15) is 0 Å². The van der Waals surface area contributed by atoms with E-state index >= 15 is 0 Å². The van der Waals surface area contributed by atoms with Crippen molar-refractivity contribution in [3.63, 3.8) is 0 Å². The highest BCUT2D eigenvalue weighted by Crippen LogP contribution is 2.19. The Morgan fingerprint density at radius 3 is 2.18 bits per heavy atom. The highest BCUT2D eigenvalue weighted by Gasteiger charge is 2.18. The molecule has 0 aliphatic heterocycles. The van der Waals surface area contributed by atoms with Crippen molar-refractivity contribution < 1.29 is 9.90 Å². The number of hydrogen-bond acceptors (Lipinski definition) is 3. The minimum Gasteiger partial charge on any atom is -0.380 e. The maximum Gasteiger partial charge on any atom is 0.195 e. The van der Waals surface area contributed by atoms with Crippen molar-refractivity contribution in [2.75, 3.05) is 0 Å². The van der Waals surface area contributed by atoms with Crippen LogP contribution in [0.15, 0.2) is 59.5 Å². The maximum absolute atomic E-state index is 12.0. The Kier molecular flexibility index (Phi) is 3.61. The fourth-order valence-electron chi connectivity index (χ4n) is 1.57. The van der Waals surface area contributed by atoms with Crippen molar-refractivity contribution in [2.45, 2.75) is 11.0 Å². The lowest BCUT2D eigenvalue weighted by Gasteiger charge is -2.09. The monoisotopic (exact) mass is 244 g/mol. The first-order chi connectivity index (χ1) is 8.18. The Balaban J connectivity index is 2.23. The number of ketones is 1. The molecule has 1 N–H and O–H groups in total. The molecule has 0 radical (unpaired) electrons. The summed E-state index contributed by atoms with van der Waals surface area (Å²) in [5.41, 5.74) is 1.09. The third-order valence-corrected chi connectivity index (χ3v) is 2.81. The molecule has 0 spiro atoms. The van der Waals surface area contributed by atoms with Crippen LogP contribution in [0.5, 0.6) is 0 Å². The summed E-state index contributed by atoms with van der Waals surface area (Å²) in [6.07, 6.45) is -1.11. The van der Waals surface area contributed by atoms with Gasteiger partial charge in [0, 0.05) is 10.5 Å². The number of hydrogen-bond donors (Lipinski definition) is 2. The van der Waals surface area contributed by atoms with Crippen LogP contribution >= 0.6 is 12.6 Å². The molecule has 0 aliphatic rings. The third-order valence-electron chi connectivity index (χ3n) is 2.52. The van der Waals surface area contributed by atoms with Crippen molar-refractivity contribution in [3.05, 3.63) is 65.7 Å². The van der Waals surface area contributed by atoms with E-state index in [0.29, 0.717) is 11.1 Å². The molecule has 2 nitrogen and oxygen atoms in total. The summed E-state index contributed by atoms with van der Waals surface area (Å²) in [5.74, 6) is -0.301. The summed E-state index contributed by atoms with van der Waals surface area (Å²) >= 11 is 4.15. The van der Waals surface area contributed by atoms with E-state index in [-0.39, 0.29) is 5.78 Å². The molecule has 1 unspecified atom stereocenters. The lowest BCUT2D eigenvalue weighted by molar-refractivity contribution is 0.0747. The molecule has 0 saturated heterocycles. The molecule has 17 heavy (non-hydrogen) atoms. The third kappa shape index (κ3) is 2.75. The van der Waals surface area contributed by atoms with Gasteiger partial charge >= 0.3 is 0 Å². The van der Waals surface area contributed by atoms with E-state index in [2.05, 4.69) is 12.6 Å². The van der Waals surface area contributed by atoms with Gasteiger partial charge in [0.15, 0.2) is 5.78 Å². The Bertz CT molecular complexity index is 506. The Labute approximate surface area is 105 Å². The summed E-state index contributed by atoms with van der Waals surface area (Å²) in [4.78, 5) is 12.8. The molecule has 2 aromatic rings. The van der Waals surface area contributed by atoms with Gasteiger partial charge in [-0.1, -0.05) is 42.5 Å². The van der Waals surface area contributed by atoms with Crippen molar-refractivity contribution in [1.82, 2.24) is 0 Å². The van der Waals surface area contributed by atoms with Gasteiger partial charge in [-0.3, -0.25) is 4.79 Å². The minimum atomic E-state index is -1.11. The normalized spacial score (nSPS) is 12.1. The lowest BCUT2D eigenvalue weighted by atomic mass is 10.0. The Morgan fingerprint density at radius 2 is 1.59 bits per heavy atom. The van der Waals surface area contributed by atoms with Crippen molar-refractivity contribution in [3.8, 4) is 0 Å². The second kappa shape index (κ2) is 5.17. The van der Waals surface area contributed by atoms with Gasteiger partial charge in [0.2, 0.25) is 0 Å². The molecule has 0 heterocycles. The second-order valence-electron chi connectivity index (χ2n) is 3.72. The van der Waals surface area contributed by atoms with Crippen LogP contribution in [-0.2, 0) is 0 Å². The fourth-order valence-corrected chi connectivity index (χ4v) is 1.72. The number of benzene rings is 2. The van der Waals surface area contributed by atoms with Crippen molar-refractivity contribution >= 4 is 18.4 Å². The van der Waals surface area contributed by atoms with Gasteiger partial charge in [0.05, 0.1) is 0 Å². The van der Waals surface area contributed by atoms with Gasteiger partial charge in [0.1, 0.15) is 6.10 Å². The number of rotatable bonds is 3. The summed E-state index contributed by atoms with van der Waals surface area (Å²) in [5, 5.41) is 9.94. The predicted octanol–water partition coefficient (Wildman–Crippen LogP) is 2.89. The number of carbonyl (C=O) groups is 1. The average molecular weight is 244 g/mol. The van der Waals surface area contributed by atoms with Gasteiger partial charge < -0.3 is 5.11 Å². The van der Waals surface area contributed by atoms with Crippen LogP contribution in [0, 0.1) is 0 Å². The highest BCUT2D eigenvalue weighted by molar-refractivity contribution is 7.80. The zero-order chi connectivity index (χ0) is 12.3. The number of Topliss-reactive ketones (excluding diaryl/α,β-unsaturated/α-hetero) is 1. The SMILES string of the molecule is O=C(c1ccc(S)cc1)C(O)c1ccccc1. The van der Waals surface area contributed by atoms with Gasteiger partial charge in [0.25, 0.3) is 0 Å². The van der Waals surface area contributed by atoms with E-state index in [1.54, 1.807) is 48.5 Å². The largest absolute Gasteiger partial charge is 0.380 e. The molecule has 3 heteroatoms.